The molecule has 57 heavy (non-hydrogen) atoms. The number of nitrogens with zero attached hydrogens (tertiary/aromatic N) is 3. The maximum atomic E-state index is 14.1. The molecule has 1 amide bonds. The molecule has 1 spiro atoms. The molecule has 1 saturated carbocycles. The van der Waals surface area contributed by atoms with Crippen molar-refractivity contribution in [1.82, 2.24) is 14.5 Å². The van der Waals surface area contributed by atoms with Crippen LogP contribution in [0.2, 0.25) is 5.02 Å². The second-order valence-corrected chi connectivity index (χ2v) is 20.3. The number of hydrogen-bond acceptors (Lipinski definition) is 9. The average Bonchev–Trinajstić information content (AvgIpc) is 3.29. The summed E-state index contributed by atoms with van der Waals surface area (Å²) in [7, 11) is -2.50. The van der Waals surface area contributed by atoms with Gasteiger partial charge in [-0.3, -0.25) is 14.6 Å². The summed E-state index contributed by atoms with van der Waals surface area (Å²) in [6, 6.07) is 12.6. The number of rotatable bonds is 8. The topological polar surface area (TPSA) is 101 Å². The number of carbonyl (C=O) groups is 1. The van der Waals surface area contributed by atoms with E-state index in [0.29, 0.717) is 55.5 Å². The number of amides is 1. The third-order valence-electron chi connectivity index (χ3n) is 13.9. The van der Waals surface area contributed by atoms with E-state index in [-0.39, 0.29) is 30.3 Å². The van der Waals surface area contributed by atoms with Crippen LogP contribution in [-0.2, 0) is 31.3 Å². The van der Waals surface area contributed by atoms with Crippen LogP contribution in [0.3, 0.4) is 0 Å². The molecule has 2 aromatic carbocycles. The molecular formula is C45H65ClN4O6S. The zero-order valence-corrected chi connectivity index (χ0v) is 36.5. The molecule has 2 aromatic rings. The van der Waals surface area contributed by atoms with E-state index in [1.165, 1.54) is 11.1 Å². The van der Waals surface area contributed by atoms with Gasteiger partial charge in [0.25, 0.3) is 5.91 Å². The third kappa shape index (κ3) is 8.80. The van der Waals surface area contributed by atoms with Gasteiger partial charge in [0.05, 0.1) is 17.5 Å². The van der Waals surface area contributed by atoms with Crippen LogP contribution in [0.4, 0.5) is 5.69 Å². The largest absolute Gasteiger partial charge is 0.490 e. The first-order valence-corrected chi connectivity index (χ1v) is 23.4. The molecule has 0 aromatic heterocycles. The number of sulfonamides is 1. The lowest BCUT2D eigenvalue weighted by Crippen LogP contribution is -2.61. The second kappa shape index (κ2) is 17.5. The summed E-state index contributed by atoms with van der Waals surface area (Å²) in [4.78, 5) is 21.6. The highest BCUT2D eigenvalue weighted by Crippen LogP contribution is 2.49. The molecule has 2 bridgehead atoms. The van der Waals surface area contributed by atoms with Gasteiger partial charge in [-0.25, -0.2) is 13.1 Å². The lowest BCUT2D eigenvalue weighted by Gasteiger charge is -2.53. The predicted molar refractivity (Wildman–Crippen MR) is 228 cm³/mol. The molecule has 314 valence electrons. The number of halogens is 1. The molecule has 2 fully saturated rings. The smallest absolute Gasteiger partial charge is 0.264 e. The second-order valence-electron chi connectivity index (χ2n) is 17.9. The SMILES string of the molecule is CCO[C@]1(CN2CCN(C(C)C)[C@H](C)C2)/C=C/C[C@H](C)[C@@H](CCOC)S(=O)(=O)NC(=O)c2ccc3c(c2)N(C[C@@H]2CC[C@H]21)CC1(CCCc2cc(Cl)ccc21)CO3. The van der Waals surface area contributed by atoms with Gasteiger partial charge in [0, 0.05) is 87.7 Å². The Morgan fingerprint density at radius 2 is 1.91 bits per heavy atom. The van der Waals surface area contributed by atoms with Gasteiger partial charge in [-0.1, -0.05) is 36.7 Å². The zero-order chi connectivity index (χ0) is 40.5. The summed E-state index contributed by atoms with van der Waals surface area (Å²) >= 11 is 6.54. The standard InChI is InChI=1S/C45H65ClN4O6S/c1-7-56-45(29-48-21-22-50(31(2)3)33(5)26-48)20-8-10-32(4)42(18-23-54-6)57(52,53)47-43(51)35-13-17-41-40(25-35)49(27-36-12-15-39(36)45)28-44(30-55-41)19-9-11-34-24-37(46)14-16-38(34)44/h8,13-14,16-17,20,24-25,31-33,36,39,42H,7,9-12,15,18-19,21-23,26-30H2,1-6H3,(H,47,51)/b20-8+/t32-,33+,36-,39+,42+,44?,45-/m0/s1. The van der Waals surface area contributed by atoms with Crippen molar-refractivity contribution in [2.24, 2.45) is 17.8 Å². The minimum Gasteiger partial charge on any atom is -0.490 e. The summed E-state index contributed by atoms with van der Waals surface area (Å²) in [6.45, 7) is 17.5. The summed E-state index contributed by atoms with van der Waals surface area (Å²) in [6.07, 6.45) is 10.4. The van der Waals surface area contributed by atoms with Crippen LogP contribution in [-0.4, -0.2) is 113 Å². The van der Waals surface area contributed by atoms with Crippen LogP contribution >= 0.6 is 11.6 Å². The number of nitrogens with one attached hydrogen (secondary N) is 1. The van der Waals surface area contributed by atoms with E-state index in [9.17, 15) is 13.2 Å². The molecule has 3 heterocycles. The molecule has 5 aliphatic rings. The fourth-order valence-corrected chi connectivity index (χ4v) is 12.8. The van der Waals surface area contributed by atoms with Crippen molar-refractivity contribution in [2.45, 2.75) is 108 Å². The highest BCUT2D eigenvalue weighted by molar-refractivity contribution is 7.90. The molecule has 7 rings (SSSR count). The van der Waals surface area contributed by atoms with Crippen molar-refractivity contribution < 1.29 is 27.4 Å². The molecule has 0 radical (unpaired) electrons. The molecule has 1 saturated heterocycles. The molecule has 10 nitrogen and oxygen atoms in total. The Balaban J connectivity index is 1.32. The first-order chi connectivity index (χ1) is 27.3. The predicted octanol–water partition coefficient (Wildman–Crippen LogP) is 7.09. The Kier molecular flexibility index (Phi) is 13.0. The van der Waals surface area contributed by atoms with E-state index >= 15 is 0 Å². The first kappa shape index (κ1) is 42.5. The van der Waals surface area contributed by atoms with E-state index in [1.807, 2.05) is 25.1 Å². The Morgan fingerprint density at radius 3 is 2.63 bits per heavy atom. The molecule has 7 atom stereocenters. The monoisotopic (exact) mass is 824 g/mol. The van der Waals surface area contributed by atoms with Crippen molar-refractivity contribution in [2.75, 3.05) is 71.1 Å². The van der Waals surface area contributed by atoms with Gasteiger partial charge >= 0.3 is 0 Å². The van der Waals surface area contributed by atoms with Gasteiger partial charge in [0.1, 0.15) is 11.4 Å². The Bertz CT molecular complexity index is 1890. The Labute approximate surface area is 346 Å². The zero-order valence-electron chi connectivity index (χ0n) is 35.0. The van der Waals surface area contributed by atoms with Crippen molar-refractivity contribution in [3.63, 3.8) is 0 Å². The van der Waals surface area contributed by atoms with Gasteiger partial charge in [0.2, 0.25) is 10.0 Å². The van der Waals surface area contributed by atoms with Gasteiger partial charge in [-0.2, -0.15) is 0 Å². The lowest BCUT2D eigenvalue weighted by atomic mass is 9.63. The Morgan fingerprint density at radius 1 is 1.09 bits per heavy atom. The van der Waals surface area contributed by atoms with Crippen LogP contribution < -0.4 is 14.4 Å². The summed E-state index contributed by atoms with van der Waals surface area (Å²) in [5.74, 6) is 0.376. The Hall–Kier alpha value is -2.67. The number of ether oxygens (including phenoxy) is 3. The molecule has 1 unspecified atom stereocenters. The minimum atomic E-state index is -4.07. The van der Waals surface area contributed by atoms with E-state index in [2.05, 4.69) is 71.4 Å². The number of anilines is 1. The number of hydrogen-bond donors (Lipinski definition) is 1. The van der Waals surface area contributed by atoms with Crippen LogP contribution in [0.15, 0.2) is 48.6 Å². The van der Waals surface area contributed by atoms with Gasteiger partial charge in [-0.15, -0.1) is 0 Å². The number of allylic oxidation sites excluding steroid dienone is 1. The van der Waals surface area contributed by atoms with E-state index < -0.39 is 26.8 Å². The number of fused-ring (bicyclic) bond motifs is 4. The van der Waals surface area contributed by atoms with Gasteiger partial charge in [-0.05, 0) is 132 Å². The van der Waals surface area contributed by atoms with Crippen molar-refractivity contribution in [3.05, 3.63) is 70.3 Å². The van der Waals surface area contributed by atoms with E-state index in [4.69, 9.17) is 25.8 Å². The van der Waals surface area contributed by atoms with Crippen molar-refractivity contribution in [3.8, 4) is 5.75 Å². The fraction of sp³-hybridized carbons (Fsp3) is 0.667. The number of methoxy groups -OCH3 is 1. The molecule has 3 aliphatic heterocycles. The maximum absolute atomic E-state index is 14.1. The van der Waals surface area contributed by atoms with Gasteiger partial charge < -0.3 is 19.1 Å². The highest BCUT2D eigenvalue weighted by atomic mass is 35.5. The van der Waals surface area contributed by atoms with Crippen LogP contribution in [0.25, 0.3) is 0 Å². The quantitative estimate of drug-likeness (QED) is 0.280. The van der Waals surface area contributed by atoms with Crippen LogP contribution in [0, 0.1) is 17.8 Å². The highest BCUT2D eigenvalue weighted by Gasteiger charge is 2.50. The summed E-state index contributed by atoms with van der Waals surface area (Å²) in [5, 5.41) is -0.0852. The minimum absolute atomic E-state index is 0.246. The van der Waals surface area contributed by atoms with Gasteiger partial charge in [0.15, 0.2) is 0 Å². The van der Waals surface area contributed by atoms with E-state index in [0.717, 1.165) is 75.5 Å². The lowest BCUT2D eigenvalue weighted by molar-refractivity contribution is -0.115. The molecule has 1 N–H and O–H groups in total. The van der Waals surface area contributed by atoms with E-state index in [1.54, 1.807) is 13.2 Å². The number of benzene rings is 2. The molecule has 2 aliphatic carbocycles. The van der Waals surface area contributed by atoms with Crippen molar-refractivity contribution >= 4 is 33.2 Å². The van der Waals surface area contributed by atoms with Crippen molar-refractivity contribution in [1.29, 1.82) is 0 Å². The van der Waals surface area contributed by atoms with Crippen LogP contribution in [0.1, 0.15) is 94.6 Å². The third-order valence-corrected chi connectivity index (χ3v) is 16.1. The fourth-order valence-electron chi connectivity index (χ4n) is 10.9. The number of carbonyl (C=O) groups excluding carboxylic acids is 1. The summed E-state index contributed by atoms with van der Waals surface area (Å²) < 4.78 is 49.9. The molecular weight excluding hydrogens is 760 g/mol. The number of aryl methyl sites for hydroxylation is 1. The first-order valence-electron chi connectivity index (χ1n) is 21.4. The maximum Gasteiger partial charge on any atom is 0.264 e. The van der Waals surface area contributed by atoms with Crippen LogP contribution in [0.5, 0.6) is 5.75 Å². The summed E-state index contributed by atoms with van der Waals surface area (Å²) in [5.41, 5.74) is 2.85. The average molecular weight is 826 g/mol. The normalized spacial score (nSPS) is 32.7. The number of piperazine rings is 1. The molecule has 12 heteroatoms.